The highest BCUT2D eigenvalue weighted by molar-refractivity contribution is 5.85. The second kappa shape index (κ2) is 10.5. The first-order valence-electron chi connectivity index (χ1n) is 11.3. The molecule has 158 valence electrons. The van der Waals surface area contributed by atoms with E-state index in [1.807, 2.05) is 0 Å². The fourth-order valence-electron chi connectivity index (χ4n) is 5.28. The maximum atomic E-state index is 2.78. The lowest BCUT2D eigenvalue weighted by Gasteiger charge is -2.39. The largest absolute Gasteiger partial charge is 0.368 e. The fraction of sp³-hybridized carbons (Fsp3) is 0.538. The Hall–Kier alpha value is -1.51. The number of hydrogen-bond acceptors (Lipinski definition) is 2. The van der Waals surface area contributed by atoms with E-state index in [0.29, 0.717) is 6.04 Å². The molecule has 1 fully saturated rings. The molecule has 1 aliphatic carbocycles. The second-order valence-electron chi connectivity index (χ2n) is 9.19. The molecular formula is C26H37ClN2. The molecule has 0 amide bonds. The minimum atomic E-state index is 0. The molecule has 0 aromatic heterocycles. The maximum absolute atomic E-state index is 2.78. The normalized spacial score (nSPS) is 19.8. The van der Waals surface area contributed by atoms with Gasteiger partial charge >= 0.3 is 0 Å². The van der Waals surface area contributed by atoms with Gasteiger partial charge in [-0.1, -0.05) is 62.7 Å². The Kier molecular flexibility index (Phi) is 8.03. The smallest absolute Gasteiger partial charge is 0.0370 e. The van der Waals surface area contributed by atoms with Gasteiger partial charge in [0.15, 0.2) is 0 Å². The summed E-state index contributed by atoms with van der Waals surface area (Å²) in [5.74, 6) is 0.759. The van der Waals surface area contributed by atoms with Gasteiger partial charge in [0.1, 0.15) is 0 Å². The summed E-state index contributed by atoms with van der Waals surface area (Å²) in [6.07, 6.45) is 7.81. The third-order valence-electron chi connectivity index (χ3n) is 6.61. The summed E-state index contributed by atoms with van der Waals surface area (Å²) in [6, 6.07) is 21.5. The molecule has 0 bridgehead atoms. The highest BCUT2D eigenvalue weighted by Crippen LogP contribution is 2.30. The lowest BCUT2D eigenvalue weighted by molar-refractivity contribution is 0.125. The number of rotatable bonds is 7. The van der Waals surface area contributed by atoms with Crippen LogP contribution in [-0.4, -0.2) is 36.6 Å². The number of para-hydroxylation sites is 1. The topological polar surface area (TPSA) is 6.48 Å². The third-order valence-corrected chi connectivity index (χ3v) is 6.61. The summed E-state index contributed by atoms with van der Waals surface area (Å²) >= 11 is 0. The fourth-order valence-corrected chi connectivity index (χ4v) is 5.28. The lowest BCUT2D eigenvalue weighted by Crippen LogP contribution is -2.45. The summed E-state index contributed by atoms with van der Waals surface area (Å²) in [4.78, 5) is 5.49. The van der Waals surface area contributed by atoms with Crippen LogP contribution in [0.2, 0.25) is 0 Å². The van der Waals surface area contributed by atoms with Gasteiger partial charge in [-0.25, -0.2) is 0 Å². The van der Waals surface area contributed by atoms with Gasteiger partial charge in [0.05, 0.1) is 0 Å². The monoisotopic (exact) mass is 412 g/mol. The summed E-state index contributed by atoms with van der Waals surface area (Å²) in [6.45, 7) is 8.44. The van der Waals surface area contributed by atoms with Crippen molar-refractivity contribution in [3.8, 4) is 0 Å². The van der Waals surface area contributed by atoms with Crippen molar-refractivity contribution in [2.45, 2.75) is 64.5 Å². The van der Waals surface area contributed by atoms with E-state index >= 15 is 0 Å². The van der Waals surface area contributed by atoms with E-state index in [1.165, 1.54) is 63.8 Å². The molecule has 1 heterocycles. The molecule has 29 heavy (non-hydrogen) atoms. The zero-order valence-corrected chi connectivity index (χ0v) is 18.9. The Balaban J connectivity index is 0.00000240. The van der Waals surface area contributed by atoms with Crippen LogP contribution in [0.1, 0.15) is 50.7 Å². The highest BCUT2D eigenvalue weighted by atomic mass is 35.5. The Morgan fingerprint density at radius 2 is 1.59 bits per heavy atom. The standard InChI is InChI=1S/C26H36N2.ClH/c1-21(2)20-27-16-9-8-12-24(27)15-17-28(25-13-4-3-5-14-25)26-18-22-10-6-7-11-23(22)19-26;/h3-7,10-11,13-14,21,24,26H,8-9,12,15-20H2,1-2H3;1H. The molecule has 1 unspecified atom stereocenters. The summed E-state index contributed by atoms with van der Waals surface area (Å²) in [5, 5.41) is 0. The Bertz CT molecular complexity index is 720. The van der Waals surface area contributed by atoms with E-state index < -0.39 is 0 Å². The van der Waals surface area contributed by atoms with Gasteiger partial charge in [-0.05, 0) is 67.8 Å². The van der Waals surface area contributed by atoms with Crippen molar-refractivity contribution in [3.63, 3.8) is 0 Å². The van der Waals surface area contributed by atoms with Crippen LogP contribution in [0.3, 0.4) is 0 Å². The van der Waals surface area contributed by atoms with Crippen molar-refractivity contribution in [2.24, 2.45) is 5.92 Å². The molecule has 1 saturated heterocycles. The van der Waals surface area contributed by atoms with Crippen LogP contribution >= 0.6 is 12.4 Å². The number of benzene rings is 2. The molecular weight excluding hydrogens is 376 g/mol. The molecule has 0 N–H and O–H groups in total. The quantitative estimate of drug-likeness (QED) is 0.551. The van der Waals surface area contributed by atoms with Crippen molar-refractivity contribution in [1.29, 1.82) is 0 Å². The molecule has 2 aliphatic rings. The Labute approximate surface area is 183 Å². The maximum Gasteiger partial charge on any atom is 0.0370 e. The van der Waals surface area contributed by atoms with E-state index in [9.17, 15) is 0 Å². The van der Waals surface area contributed by atoms with E-state index in [-0.39, 0.29) is 12.4 Å². The molecule has 2 aromatic carbocycles. The van der Waals surface area contributed by atoms with Crippen LogP contribution in [-0.2, 0) is 12.8 Å². The predicted octanol–water partition coefficient (Wildman–Crippen LogP) is 5.98. The third kappa shape index (κ3) is 5.55. The van der Waals surface area contributed by atoms with Crippen molar-refractivity contribution < 1.29 is 0 Å². The number of hydrogen-bond donors (Lipinski definition) is 0. The molecule has 3 heteroatoms. The minimum Gasteiger partial charge on any atom is -0.368 e. The van der Waals surface area contributed by atoms with Crippen LogP contribution < -0.4 is 4.90 Å². The van der Waals surface area contributed by atoms with Gasteiger partial charge in [-0.2, -0.15) is 0 Å². The molecule has 0 radical (unpaired) electrons. The summed E-state index contributed by atoms with van der Waals surface area (Å²) in [7, 11) is 0. The van der Waals surface area contributed by atoms with Gasteiger partial charge in [0.25, 0.3) is 0 Å². The van der Waals surface area contributed by atoms with Crippen molar-refractivity contribution >= 4 is 18.1 Å². The van der Waals surface area contributed by atoms with Crippen molar-refractivity contribution in [2.75, 3.05) is 24.5 Å². The Morgan fingerprint density at radius 3 is 2.24 bits per heavy atom. The average molecular weight is 413 g/mol. The number of anilines is 1. The van der Waals surface area contributed by atoms with Crippen LogP contribution in [0.5, 0.6) is 0 Å². The van der Waals surface area contributed by atoms with Gasteiger partial charge < -0.3 is 9.80 Å². The number of likely N-dealkylation sites (tertiary alicyclic amines) is 1. The minimum absolute atomic E-state index is 0. The summed E-state index contributed by atoms with van der Waals surface area (Å²) in [5.41, 5.74) is 4.49. The molecule has 0 spiro atoms. The predicted molar refractivity (Wildman–Crippen MR) is 127 cm³/mol. The Morgan fingerprint density at radius 1 is 0.931 bits per heavy atom. The first kappa shape index (κ1) is 22.2. The average Bonchev–Trinajstić information content (AvgIpc) is 3.13. The number of piperidine rings is 1. The number of fused-ring (bicyclic) bond motifs is 1. The van der Waals surface area contributed by atoms with E-state index in [1.54, 1.807) is 11.1 Å². The van der Waals surface area contributed by atoms with Gasteiger partial charge in [-0.3, -0.25) is 0 Å². The molecule has 2 nitrogen and oxygen atoms in total. The number of halogens is 1. The summed E-state index contributed by atoms with van der Waals surface area (Å²) < 4.78 is 0. The molecule has 4 rings (SSSR count). The second-order valence-corrected chi connectivity index (χ2v) is 9.19. The van der Waals surface area contributed by atoms with Crippen LogP contribution in [0, 0.1) is 5.92 Å². The van der Waals surface area contributed by atoms with Crippen LogP contribution in [0.4, 0.5) is 5.69 Å². The van der Waals surface area contributed by atoms with E-state index in [2.05, 4.69) is 78.2 Å². The van der Waals surface area contributed by atoms with E-state index in [0.717, 1.165) is 12.0 Å². The van der Waals surface area contributed by atoms with E-state index in [4.69, 9.17) is 0 Å². The molecule has 0 saturated carbocycles. The van der Waals surface area contributed by atoms with Gasteiger partial charge in [-0.15, -0.1) is 12.4 Å². The van der Waals surface area contributed by atoms with Crippen LogP contribution in [0.15, 0.2) is 54.6 Å². The zero-order valence-electron chi connectivity index (χ0n) is 18.1. The van der Waals surface area contributed by atoms with Gasteiger partial charge in [0.2, 0.25) is 0 Å². The lowest BCUT2D eigenvalue weighted by atomic mass is 9.97. The number of nitrogens with zero attached hydrogens (tertiary/aromatic N) is 2. The van der Waals surface area contributed by atoms with Crippen LogP contribution in [0.25, 0.3) is 0 Å². The van der Waals surface area contributed by atoms with Crippen molar-refractivity contribution in [3.05, 3.63) is 65.7 Å². The molecule has 2 aromatic rings. The first-order chi connectivity index (χ1) is 13.7. The van der Waals surface area contributed by atoms with Gasteiger partial charge in [0, 0.05) is 30.9 Å². The SMILES string of the molecule is CC(C)CN1CCCCC1CCN(c1ccccc1)C1Cc2ccccc2C1.Cl. The molecule has 1 atom stereocenters. The van der Waals surface area contributed by atoms with Crippen molar-refractivity contribution in [1.82, 2.24) is 4.90 Å². The zero-order chi connectivity index (χ0) is 19.3. The highest BCUT2D eigenvalue weighted by Gasteiger charge is 2.29. The molecule has 1 aliphatic heterocycles. The first-order valence-corrected chi connectivity index (χ1v) is 11.3.